The zero-order valence-electron chi connectivity index (χ0n) is 27.7. The van der Waals surface area contributed by atoms with Gasteiger partial charge in [-0.3, -0.25) is 10.4 Å². The van der Waals surface area contributed by atoms with E-state index in [9.17, 15) is 4.79 Å². The zero-order chi connectivity index (χ0) is 33.6. The number of aromatic nitrogens is 3. The van der Waals surface area contributed by atoms with Gasteiger partial charge in [0.1, 0.15) is 5.82 Å². The molecule has 1 aliphatic rings. The summed E-state index contributed by atoms with van der Waals surface area (Å²) in [7, 11) is 1.62. The van der Waals surface area contributed by atoms with Gasteiger partial charge in [-0.15, -0.1) is 0 Å². The van der Waals surface area contributed by atoms with Crippen molar-refractivity contribution in [3.05, 3.63) is 155 Å². The molecule has 1 fully saturated rings. The molecule has 2 atom stereocenters. The third kappa shape index (κ3) is 6.38. The molecule has 248 valence electrons. The smallest absolute Gasteiger partial charge is 0.320 e. The van der Waals surface area contributed by atoms with E-state index >= 15 is 0 Å². The second kappa shape index (κ2) is 14.3. The molecule has 0 radical (unpaired) electrons. The van der Waals surface area contributed by atoms with E-state index in [4.69, 9.17) is 19.6 Å². The van der Waals surface area contributed by atoms with E-state index in [1.807, 2.05) is 42.5 Å². The van der Waals surface area contributed by atoms with E-state index in [1.165, 1.54) is 0 Å². The van der Waals surface area contributed by atoms with Crippen molar-refractivity contribution in [2.45, 2.75) is 24.5 Å². The number of ether oxygens (including phenoxy) is 2. The van der Waals surface area contributed by atoms with Crippen LogP contribution in [-0.4, -0.2) is 60.7 Å². The molecule has 9 nitrogen and oxygen atoms in total. The third-order valence-corrected chi connectivity index (χ3v) is 9.20. The van der Waals surface area contributed by atoms with Crippen molar-refractivity contribution < 1.29 is 14.3 Å². The number of rotatable bonds is 10. The maximum Gasteiger partial charge on any atom is 0.320 e. The monoisotopic (exact) mass is 652 g/mol. The fourth-order valence-corrected chi connectivity index (χ4v) is 7.03. The van der Waals surface area contributed by atoms with Gasteiger partial charge in [0.25, 0.3) is 0 Å². The number of anilines is 2. The first-order valence-electron chi connectivity index (χ1n) is 16.6. The van der Waals surface area contributed by atoms with Gasteiger partial charge in [-0.2, -0.15) is 5.10 Å². The summed E-state index contributed by atoms with van der Waals surface area (Å²) in [6.45, 7) is 4.69. The molecule has 9 heteroatoms. The lowest BCUT2D eigenvalue weighted by Crippen LogP contribution is -2.43. The van der Waals surface area contributed by atoms with E-state index in [0.717, 1.165) is 52.1 Å². The molecular weight excluding hydrogens is 612 g/mol. The van der Waals surface area contributed by atoms with Gasteiger partial charge >= 0.3 is 6.03 Å². The standard InChI is InChI=1S/C40H40N6O3/c1-28-26-46(22-23-49-28)36-21-13-12-20-33(36)40(30-16-8-4-9-17-30,31-18-10-5-11-19-31)38-32-25-41-37(24-34(32)44-45-38)43-39(47)42-35(27-48-2)29-14-6-3-7-15-29/h3-21,24-25,28,35H,22-23,26-27H2,1-2H3,(H,44,45)(H2,41,42,43,47)/t28?,35-/m1/s1. The van der Waals surface area contributed by atoms with E-state index in [0.29, 0.717) is 24.5 Å². The van der Waals surface area contributed by atoms with Crippen LogP contribution in [0, 0.1) is 0 Å². The van der Waals surface area contributed by atoms with Crippen LogP contribution in [0.2, 0.25) is 0 Å². The van der Waals surface area contributed by atoms with E-state index in [-0.39, 0.29) is 18.2 Å². The number of nitrogens with one attached hydrogen (secondary N) is 3. The predicted molar refractivity (Wildman–Crippen MR) is 193 cm³/mol. The lowest BCUT2D eigenvalue weighted by molar-refractivity contribution is 0.0531. The predicted octanol–water partition coefficient (Wildman–Crippen LogP) is 7.07. The summed E-state index contributed by atoms with van der Waals surface area (Å²) in [6.07, 6.45) is 1.91. The highest BCUT2D eigenvalue weighted by atomic mass is 16.5. The van der Waals surface area contributed by atoms with Gasteiger partial charge in [-0.05, 0) is 35.2 Å². The number of amides is 2. The van der Waals surface area contributed by atoms with Gasteiger partial charge < -0.3 is 19.7 Å². The summed E-state index contributed by atoms with van der Waals surface area (Å²) < 4.78 is 11.3. The lowest BCUT2D eigenvalue weighted by Gasteiger charge is -2.41. The summed E-state index contributed by atoms with van der Waals surface area (Å²) in [6, 6.07) is 40.6. The highest BCUT2D eigenvalue weighted by Gasteiger charge is 2.43. The fourth-order valence-electron chi connectivity index (χ4n) is 7.03. The molecular formula is C40H40N6O3. The third-order valence-electron chi connectivity index (χ3n) is 9.20. The minimum Gasteiger partial charge on any atom is -0.382 e. The second-order valence-electron chi connectivity index (χ2n) is 12.3. The van der Waals surface area contributed by atoms with Crippen LogP contribution in [0.25, 0.3) is 10.9 Å². The molecule has 0 bridgehead atoms. The molecule has 6 aromatic rings. The molecule has 3 heterocycles. The van der Waals surface area contributed by atoms with Gasteiger partial charge in [0.2, 0.25) is 0 Å². The van der Waals surface area contributed by atoms with Crippen LogP contribution < -0.4 is 15.5 Å². The highest BCUT2D eigenvalue weighted by Crippen LogP contribution is 2.49. The summed E-state index contributed by atoms with van der Waals surface area (Å²) in [5.41, 5.74) is 6.18. The molecule has 49 heavy (non-hydrogen) atoms. The Morgan fingerprint density at radius 1 is 0.959 bits per heavy atom. The quantitative estimate of drug-likeness (QED) is 0.137. The lowest BCUT2D eigenvalue weighted by atomic mass is 9.66. The average molecular weight is 653 g/mol. The van der Waals surface area contributed by atoms with E-state index in [2.05, 4.69) is 100 Å². The Hall–Kier alpha value is -5.51. The first-order chi connectivity index (χ1) is 24.1. The van der Waals surface area contributed by atoms with Crippen LogP contribution in [-0.2, 0) is 14.9 Å². The number of H-pyrrole nitrogens is 1. The maximum absolute atomic E-state index is 13.2. The molecule has 1 aliphatic heterocycles. The first-order valence-corrected chi connectivity index (χ1v) is 16.6. The Labute approximate surface area is 286 Å². The van der Waals surface area contributed by atoms with Crippen molar-refractivity contribution in [3.63, 3.8) is 0 Å². The molecule has 1 saturated heterocycles. The van der Waals surface area contributed by atoms with Gasteiger partial charge in [0, 0.05) is 43.5 Å². The number of urea groups is 1. The Morgan fingerprint density at radius 3 is 2.29 bits per heavy atom. The second-order valence-corrected chi connectivity index (χ2v) is 12.3. The van der Waals surface area contributed by atoms with Gasteiger partial charge in [-0.25, -0.2) is 9.78 Å². The summed E-state index contributed by atoms with van der Waals surface area (Å²) >= 11 is 0. The Kier molecular flexibility index (Phi) is 9.36. The number of hydrogen-bond donors (Lipinski definition) is 3. The number of morpholine rings is 1. The number of carbonyl (C=O) groups excluding carboxylic acids is 1. The van der Waals surface area contributed by atoms with Crippen molar-refractivity contribution in [3.8, 4) is 0 Å². The van der Waals surface area contributed by atoms with Crippen LogP contribution in [0.4, 0.5) is 16.3 Å². The SMILES string of the molecule is COC[C@@H](NC(=O)Nc1cc2n[nH]c(C(c3ccccc3)(c3ccccc3)c3ccccc3N3CCOC(C)C3)c2cn1)c1ccccc1. The summed E-state index contributed by atoms with van der Waals surface area (Å²) in [5, 5.41) is 15.1. The van der Waals surface area contributed by atoms with Crippen molar-refractivity contribution in [1.29, 1.82) is 0 Å². The molecule has 1 unspecified atom stereocenters. The number of fused-ring (bicyclic) bond motifs is 1. The van der Waals surface area contributed by atoms with Crippen molar-refractivity contribution in [2.24, 2.45) is 0 Å². The molecule has 4 aromatic carbocycles. The summed E-state index contributed by atoms with van der Waals surface area (Å²) in [5.74, 6) is 0.389. The van der Waals surface area contributed by atoms with E-state index < -0.39 is 5.41 Å². The van der Waals surface area contributed by atoms with Crippen LogP contribution in [0.5, 0.6) is 0 Å². The molecule has 3 N–H and O–H groups in total. The molecule has 2 amide bonds. The largest absolute Gasteiger partial charge is 0.382 e. The first kappa shape index (κ1) is 32.1. The van der Waals surface area contributed by atoms with Crippen molar-refractivity contribution in [2.75, 3.05) is 43.6 Å². The molecule has 0 aliphatic carbocycles. The van der Waals surface area contributed by atoms with E-state index in [1.54, 1.807) is 19.4 Å². The van der Waals surface area contributed by atoms with Crippen molar-refractivity contribution >= 4 is 28.4 Å². The van der Waals surface area contributed by atoms with Crippen LogP contribution in [0.3, 0.4) is 0 Å². The number of carbonyl (C=O) groups is 1. The molecule has 7 rings (SSSR count). The minimum atomic E-state index is -0.785. The molecule has 2 aromatic heterocycles. The maximum atomic E-state index is 13.2. The topological polar surface area (TPSA) is 104 Å². The average Bonchev–Trinajstić information content (AvgIpc) is 3.57. The number of methoxy groups -OCH3 is 1. The zero-order valence-corrected chi connectivity index (χ0v) is 27.7. The fraction of sp³-hybridized carbons (Fsp3) is 0.225. The van der Waals surface area contributed by atoms with Gasteiger partial charge in [0.15, 0.2) is 0 Å². The number of benzene rings is 4. The van der Waals surface area contributed by atoms with Crippen LogP contribution in [0.15, 0.2) is 128 Å². The normalized spacial score (nSPS) is 15.6. The van der Waals surface area contributed by atoms with Gasteiger partial charge in [-0.1, -0.05) is 109 Å². The number of pyridine rings is 1. The number of aromatic amines is 1. The van der Waals surface area contributed by atoms with Crippen LogP contribution >= 0.6 is 0 Å². The number of para-hydroxylation sites is 1. The number of hydrogen-bond acceptors (Lipinski definition) is 6. The molecule has 0 saturated carbocycles. The van der Waals surface area contributed by atoms with Crippen molar-refractivity contribution in [1.82, 2.24) is 20.5 Å². The highest BCUT2D eigenvalue weighted by molar-refractivity contribution is 5.92. The Morgan fingerprint density at radius 2 is 1.61 bits per heavy atom. The Bertz CT molecular complexity index is 1960. The summed E-state index contributed by atoms with van der Waals surface area (Å²) in [4.78, 5) is 20.3. The number of nitrogens with zero attached hydrogens (tertiary/aromatic N) is 3. The molecule has 0 spiro atoms. The van der Waals surface area contributed by atoms with Gasteiger partial charge in [0.05, 0.1) is 42.0 Å². The Balaban J connectivity index is 1.33. The van der Waals surface area contributed by atoms with Crippen LogP contribution in [0.1, 0.15) is 40.9 Å². The minimum absolute atomic E-state index is 0.113.